The number of carbonyl (C=O) groups excluding carboxylic acids is 2. The van der Waals surface area contributed by atoms with E-state index in [-0.39, 0.29) is 17.9 Å². The zero-order chi connectivity index (χ0) is 16.4. The van der Waals surface area contributed by atoms with Crippen molar-refractivity contribution in [3.05, 3.63) is 33.8 Å². The van der Waals surface area contributed by atoms with Crippen molar-refractivity contribution in [1.82, 2.24) is 10.2 Å². The molecular weight excluding hydrogens is 335 g/mol. The van der Waals surface area contributed by atoms with Crippen LogP contribution in [0.5, 0.6) is 0 Å². The second kappa shape index (κ2) is 7.10. The molecule has 2 amide bonds. The van der Waals surface area contributed by atoms with Crippen molar-refractivity contribution >= 4 is 35.0 Å². The summed E-state index contributed by atoms with van der Waals surface area (Å²) in [6.07, 6.45) is 5.99. The summed E-state index contributed by atoms with van der Waals surface area (Å²) in [6, 6.07) is 4.59. The number of carbonyl (C=O) groups is 2. The normalized spacial score (nSPS) is 20.1. The average Bonchev–Trinajstić information content (AvgIpc) is 2.52. The number of rotatable bonds is 4. The van der Waals surface area contributed by atoms with E-state index in [4.69, 9.17) is 23.2 Å². The van der Waals surface area contributed by atoms with Crippen LogP contribution in [0.2, 0.25) is 10.0 Å². The first-order valence-electron chi connectivity index (χ1n) is 8.11. The molecule has 124 valence electrons. The van der Waals surface area contributed by atoms with E-state index >= 15 is 0 Å². The molecule has 3 rings (SSSR count). The number of nitrogens with zero attached hydrogens (tertiary/aromatic N) is 1. The maximum atomic E-state index is 12.8. The van der Waals surface area contributed by atoms with E-state index < -0.39 is 6.04 Å². The predicted octanol–water partition coefficient (Wildman–Crippen LogP) is 3.72. The minimum atomic E-state index is -0.664. The van der Waals surface area contributed by atoms with E-state index in [0.717, 1.165) is 25.7 Å². The molecule has 2 fully saturated rings. The van der Waals surface area contributed by atoms with Crippen molar-refractivity contribution in [2.45, 2.75) is 50.6 Å². The largest absolute Gasteiger partial charge is 0.351 e. The highest BCUT2D eigenvalue weighted by Gasteiger charge is 2.38. The van der Waals surface area contributed by atoms with Gasteiger partial charge < -0.3 is 10.2 Å². The third-order valence-corrected chi connectivity index (χ3v) is 5.22. The van der Waals surface area contributed by atoms with Gasteiger partial charge >= 0.3 is 0 Å². The Morgan fingerprint density at radius 3 is 2.52 bits per heavy atom. The molecule has 23 heavy (non-hydrogen) atoms. The van der Waals surface area contributed by atoms with Crippen molar-refractivity contribution in [2.75, 3.05) is 6.54 Å². The first-order valence-corrected chi connectivity index (χ1v) is 8.86. The molecule has 1 aliphatic heterocycles. The fourth-order valence-electron chi connectivity index (χ4n) is 3.31. The van der Waals surface area contributed by atoms with Gasteiger partial charge in [-0.15, -0.1) is 0 Å². The highest BCUT2D eigenvalue weighted by molar-refractivity contribution is 6.35. The van der Waals surface area contributed by atoms with Crippen LogP contribution in [0.25, 0.3) is 0 Å². The lowest BCUT2D eigenvalue weighted by Gasteiger charge is -2.38. The summed E-state index contributed by atoms with van der Waals surface area (Å²) in [4.78, 5) is 26.3. The first-order chi connectivity index (χ1) is 11.1. The zero-order valence-electron chi connectivity index (χ0n) is 12.9. The molecule has 0 unspecified atom stereocenters. The highest BCUT2D eigenvalue weighted by Crippen LogP contribution is 2.33. The van der Waals surface area contributed by atoms with Crippen LogP contribution in [0.15, 0.2) is 18.2 Å². The van der Waals surface area contributed by atoms with E-state index in [2.05, 4.69) is 5.32 Å². The molecule has 0 aromatic heterocycles. The molecule has 0 radical (unpaired) electrons. The van der Waals surface area contributed by atoms with E-state index in [1.807, 2.05) is 0 Å². The maximum absolute atomic E-state index is 12.8. The van der Waals surface area contributed by atoms with Crippen molar-refractivity contribution < 1.29 is 9.59 Å². The van der Waals surface area contributed by atoms with Crippen LogP contribution in [-0.2, 0) is 9.59 Å². The predicted molar refractivity (Wildman–Crippen MR) is 90.5 cm³/mol. The summed E-state index contributed by atoms with van der Waals surface area (Å²) in [5, 5.41) is 4.04. The fourth-order valence-corrected chi connectivity index (χ4v) is 3.82. The molecule has 1 aromatic rings. The topological polar surface area (TPSA) is 49.4 Å². The molecule has 0 bridgehead atoms. The second-order valence-corrected chi connectivity index (χ2v) is 7.09. The van der Waals surface area contributed by atoms with E-state index in [0.29, 0.717) is 28.6 Å². The van der Waals surface area contributed by atoms with Gasteiger partial charge in [0, 0.05) is 34.6 Å². The summed E-state index contributed by atoms with van der Waals surface area (Å²) >= 11 is 12.2. The maximum Gasteiger partial charge on any atom is 0.247 e. The van der Waals surface area contributed by atoms with Crippen molar-refractivity contribution in [3.8, 4) is 0 Å². The monoisotopic (exact) mass is 354 g/mol. The third kappa shape index (κ3) is 3.64. The number of benzene rings is 1. The summed E-state index contributed by atoms with van der Waals surface area (Å²) < 4.78 is 0. The van der Waals surface area contributed by atoms with Gasteiger partial charge in [-0.1, -0.05) is 48.5 Å². The Balaban J connectivity index is 1.83. The molecule has 1 saturated carbocycles. The Labute approximate surface area is 146 Å². The Bertz CT molecular complexity index is 615. The van der Waals surface area contributed by atoms with Crippen molar-refractivity contribution in [2.24, 2.45) is 0 Å². The SMILES string of the molecule is O=C(NC1CCCCC1)[C@H](c1ccc(Cl)cc1Cl)N1CCC1=O. The van der Waals surface area contributed by atoms with Crippen LogP contribution in [-0.4, -0.2) is 29.3 Å². The van der Waals surface area contributed by atoms with Crippen LogP contribution >= 0.6 is 23.2 Å². The van der Waals surface area contributed by atoms with Crippen LogP contribution < -0.4 is 5.32 Å². The molecule has 2 aliphatic rings. The molecule has 1 aliphatic carbocycles. The van der Waals surface area contributed by atoms with E-state index in [1.54, 1.807) is 23.1 Å². The van der Waals surface area contributed by atoms with Crippen LogP contribution in [0.3, 0.4) is 0 Å². The second-order valence-electron chi connectivity index (χ2n) is 6.25. The summed E-state index contributed by atoms with van der Waals surface area (Å²) in [5.41, 5.74) is 0.637. The number of halogens is 2. The summed E-state index contributed by atoms with van der Waals surface area (Å²) in [5.74, 6) is -0.158. The Kier molecular flexibility index (Phi) is 5.12. The molecule has 6 heteroatoms. The minimum absolute atomic E-state index is 0.0141. The average molecular weight is 355 g/mol. The lowest BCUT2D eigenvalue weighted by atomic mass is 9.94. The number of nitrogens with one attached hydrogen (secondary N) is 1. The van der Waals surface area contributed by atoms with Gasteiger partial charge in [0.25, 0.3) is 0 Å². The summed E-state index contributed by atoms with van der Waals surface area (Å²) in [6.45, 7) is 0.584. The highest BCUT2D eigenvalue weighted by atomic mass is 35.5. The minimum Gasteiger partial charge on any atom is -0.351 e. The fraction of sp³-hybridized carbons (Fsp3) is 0.529. The summed E-state index contributed by atoms with van der Waals surface area (Å²) in [7, 11) is 0. The number of hydrogen-bond acceptors (Lipinski definition) is 2. The van der Waals surface area contributed by atoms with Crippen LogP contribution in [0.1, 0.15) is 50.1 Å². The van der Waals surface area contributed by atoms with E-state index in [1.165, 1.54) is 6.42 Å². The molecule has 1 atom stereocenters. The third-order valence-electron chi connectivity index (χ3n) is 4.66. The number of amides is 2. The lowest BCUT2D eigenvalue weighted by molar-refractivity contribution is -0.149. The van der Waals surface area contributed by atoms with Gasteiger partial charge in [-0.2, -0.15) is 0 Å². The van der Waals surface area contributed by atoms with Gasteiger partial charge in [0.15, 0.2) is 0 Å². The molecule has 1 saturated heterocycles. The van der Waals surface area contributed by atoms with Crippen LogP contribution in [0, 0.1) is 0 Å². The van der Waals surface area contributed by atoms with Gasteiger partial charge in [0.05, 0.1) is 0 Å². The number of β-lactam (4-membered cyclic amide) rings is 1. The van der Waals surface area contributed by atoms with Crippen molar-refractivity contribution in [3.63, 3.8) is 0 Å². The molecule has 1 N–H and O–H groups in total. The van der Waals surface area contributed by atoms with Crippen LogP contribution in [0.4, 0.5) is 0 Å². The van der Waals surface area contributed by atoms with E-state index in [9.17, 15) is 9.59 Å². The standard InChI is InChI=1S/C17H20Cl2N2O2/c18-11-6-7-13(14(19)10-11)16(21-9-8-15(21)22)17(23)20-12-4-2-1-3-5-12/h6-7,10,12,16H,1-5,8-9H2,(H,20,23)/t16-/m0/s1. The lowest BCUT2D eigenvalue weighted by Crippen LogP contribution is -2.52. The molecule has 1 heterocycles. The van der Waals surface area contributed by atoms with Crippen molar-refractivity contribution in [1.29, 1.82) is 0 Å². The number of hydrogen-bond donors (Lipinski definition) is 1. The van der Waals surface area contributed by atoms with Gasteiger partial charge in [0.1, 0.15) is 6.04 Å². The van der Waals surface area contributed by atoms with Gasteiger partial charge in [-0.3, -0.25) is 9.59 Å². The zero-order valence-corrected chi connectivity index (χ0v) is 14.4. The molecule has 4 nitrogen and oxygen atoms in total. The van der Waals surface area contributed by atoms with Gasteiger partial charge in [0.2, 0.25) is 11.8 Å². The quantitative estimate of drug-likeness (QED) is 0.837. The Hall–Kier alpha value is -1.26. The smallest absolute Gasteiger partial charge is 0.247 e. The molecule has 0 spiro atoms. The first kappa shape index (κ1) is 16.6. The van der Waals surface area contributed by atoms with Gasteiger partial charge in [-0.05, 0) is 25.0 Å². The Morgan fingerprint density at radius 2 is 1.96 bits per heavy atom. The number of likely N-dealkylation sites (tertiary alicyclic amines) is 1. The Morgan fingerprint density at radius 1 is 1.22 bits per heavy atom. The molecule has 1 aromatic carbocycles. The molecular formula is C17H20Cl2N2O2. The van der Waals surface area contributed by atoms with Gasteiger partial charge in [-0.25, -0.2) is 0 Å².